The van der Waals surface area contributed by atoms with Crippen LogP contribution in [-0.4, -0.2) is 107 Å². The average Bonchev–Trinajstić information content (AvgIpc) is 3.53. The largest absolute Gasteiger partial charge is 0.471 e. The number of methoxy groups -OCH3 is 1. The molecule has 0 aromatic heterocycles. The van der Waals surface area contributed by atoms with Crippen molar-refractivity contribution in [2.24, 2.45) is 11.5 Å². The van der Waals surface area contributed by atoms with Crippen molar-refractivity contribution in [2.75, 3.05) is 20.2 Å². The fraction of sp³-hybridized carbons (Fsp3) is 0.526. The van der Waals surface area contributed by atoms with Crippen LogP contribution in [0, 0.1) is 0 Å². The van der Waals surface area contributed by atoms with E-state index >= 15 is 0 Å². The molecule has 0 saturated carbocycles. The number of nitrogens with one attached hydrogen (secondary N) is 1. The number of nitrogens with zero attached hydrogens (tertiary/aromatic N) is 2. The minimum Gasteiger partial charge on any atom is -0.467 e. The molecule has 1 aliphatic heterocycles. The standard InChI is InChI=1S/C38H50F3N5O9/c1-24(31(48)45-22-27(54-23-26-16-10-7-11-17-26)21-37(45,34(51)53-5)35(52)55-36(2,3)4)44-30(47)29(20-25-14-8-6-9-15-25)46(33(50)38(39,40)41)32(49)28(43)18-12-13-19-42/h6-11,14-17,24,27-29H,12-13,18-23,42-43H2,1-5H3,(H,44,47)/t24-,27?,28-,29-,37-/m0/s1. The van der Waals surface area contributed by atoms with E-state index in [0.717, 1.165) is 17.6 Å². The van der Waals surface area contributed by atoms with Crippen LogP contribution in [0.5, 0.6) is 0 Å². The lowest BCUT2D eigenvalue weighted by atomic mass is 9.94. The first-order chi connectivity index (χ1) is 25.8. The Labute approximate surface area is 318 Å². The van der Waals surface area contributed by atoms with Crippen molar-refractivity contribution in [1.82, 2.24) is 15.1 Å². The van der Waals surface area contributed by atoms with Crippen molar-refractivity contribution >= 4 is 35.6 Å². The van der Waals surface area contributed by atoms with E-state index < -0.39 is 90.0 Å². The van der Waals surface area contributed by atoms with Crippen molar-refractivity contribution in [1.29, 1.82) is 0 Å². The molecule has 55 heavy (non-hydrogen) atoms. The summed E-state index contributed by atoms with van der Waals surface area (Å²) in [4.78, 5) is 83.0. The normalized spacial score (nSPS) is 18.8. The second kappa shape index (κ2) is 19.1. The van der Waals surface area contributed by atoms with Crippen molar-refractivity contribution in [3.8, 4) is 0 Å². The van der Waals surface area contributed by atoms with Crippen LogP contribution in [0.3, 0.4) is 0 Å². The van der Waals surface area contributed by atoms with Crippen LogP contribution in [0.25, 0.3) is 0 Å². The van der Waals surface area contributed by atoms with Gasteiger partial charge in [-0.1, -0.05) is 67.1 Å². The molecule has 0 spiro atoms. The topological polar surface area (TPSA) is 201 Å². The number of alkyl halides is 3. The molecular formula is C38H50F3N5O9. The molecule has 5 N–H and O–H groups in total. The van der Waals surface area contributed by atoms with E-state index in [2.05, 4.69) is 5.32 Å². The van der Waals surface area contributed by atoms with Gasteiger partial charge in [-0.25, -0.2) is 9.59 Å². The maximum atomic E-state index is 14.3. The minimum absolute atomic E-state index is 0.0397. The van der Waals surface area contributed by atoms with Gasteiger partial charge >= 0.3 is 24.0 Å². The number of esters is 2. The molecule has 0 aliphatic carbocycles. The molecule has 1 saturated heterocycles. The second-order valence-corrected chi connectivity index (χ2v) is 14.3. The Morgan fingerprint density at radius 3 is 2.05 bits per heavy atom. The van der Waals surface area contributed by atoms with E-state index in [4.69, 9.17) is 25.7 Å². The summed E-state index contributed by atoms with van der Waals surface area (Å²) in [5.41, 5.74) is 8.98. The van der Waals surface area contributed by atoms with Gasteiger partial charge in [-0.2, -0.15) is 13.2 Å². The number of benzene rings is 2. The zero-order valence-corrected chi connectivity index (χ0v) is 31.6. The number of halogens is 3. The molecular weight excluding hydrogens is 727 g/mol. The van der Waals surface area contributed by atoms with E-state index in [9.17, 15) is 41.9 Å². The van der Waals surface area contributed by atoms with Gasteiger partial charge in [0, 0.05) is 19.4 Å². The van der Waals surface area contributed by atoms with E-state index in [-0.39, 0.29) is 43.0 Å². The summed E-state index contributed by atoms with van der Waals surface area (Å²) in [6, 6.07) is 11.2. The van der Waals surface area contributed by atoms with E-state index in [1.165, 1.54) is 19.1 Å². The molecule has 0 radical (unpaired) electrons. The summed E-state index contributed by atoms with van der Waals surface area (Å²) in [5, 5.41) is 2.32. The van der Waals surface area contributed by atoms with Crippen molar-refractivity contribution in [3.05, 3.63) is 71.8 Å². The Morgan fingerprint density at radius 2 is 1.53 bits per heavy atom. The van der Waals surface area contributed by atoms with Crippen molar-refractivity contribution in [2.45, 2.75) is 108 Å². The molecule has 3 rings (SSSR count). The van der Waals surface area contributed by atoms with Gasteiger partial charge in [0.15, 0.2) is 0 Å². The zero-order chi connectivity index (χ0) is 41.1. The number of rotatable bonds is 16. The van der Waals surface area contributed by atoms with Crippen LogP contribution in [0.1, 0.15) is 64.5 Å². The lowest BCUT2D eigenvalue weighted by Gasteiger charge is -2.37. The predicted molar refractivity (Wildman–Crippen MR) is 192 cm³/mol. The van der Waals surface area contributed by atoms with Gasteiger partial charge < -0.3 is 35.9 Å². The molecule has 1 fully saturated rings. The van der Waals surface area contributed by atoms with E-state index in [0.29, 0.717) is 6.42 Å². The van der Waals surface area contributed by atoms with Crippen LogP contribution in [-0.2, 0) is 56.0 Å². The van der Waals surface area contributed by atoms with E-state index in [1.54, 1.807) is 69.3 Å². The maximum Gasteiger partial charge on any atom is 0.471 e. The summed E-state index contributed by atoms with van der Waals surface area (Å²) >= 11 is 0. The quantitative estimate of drug-likeness (QED) is 0.129. The second-order valence-electron chi connectivity index (χ2n) is 14.3. The molecule has 1 heterocycles. The SMILES string of the molecule is COC(=O)[C@]1(C(=O)OC(C)(C)C)CC(OCc2ccccc2)CN1C(=O)[C@H](C)NC(=O)[C@H](Cc1ccccc1)N(C(=O)[C@@H](N)CCCCN)C(=O)C(F)(F)F. The van der Waals surface area contributed by atoms with Crippen LogP contribution < -0.4 is 16.8 Å². The Balaban J connectivity index is 2.04. The smallest absolute Gasteiger partial charge is 0.467 e. The number of unbranched alkanes of at least 4 members (excludes halogenated alkanes) is 1. The first-order valence-electron chi connectivity index (χ1n) is 17.8. The third-order valence-electron chi connectivity index (χ3n) is 8.82. The predicted octanol–water partition coefficient (Wildman–Crippen LogP) is 2.55. The van der Waals surface area contributed by atoms with Gasteiger partial charge in [0.1, 0.15) is 17.7 Å². The fourth-order valence-electron chi connectivity index (χ4n) is 6.13. The molecule has 1 unspecified atom stereocenters. The van der Waals surface area contributed by atoms with E-state index in [1.807, 2.05) is 0 Å². The average molecular weight is 778 g/mol. The lowest BCUT2D eigenvalue weighted by molar-refractivity contribution is -0.191. The summed E-state index contributed by atoms with van der Waals surface area (Å²) in [6.07, 6.45) is -6.98. The summed E-state index contributed by atoms with van der Waals surface area (Å²) in [5.74, 6) is -8.73. The van der Waals surface area contributed by atoms with Gasteiger partial charge in [-0.15, -0.1) is 0 Å². The molecule has 0 bridgehead atoms. The van der Waals surface area contributed by atoms with Gasteiger partial charge in [0.05, 0.1) is 25.9 Å². The molecule has 1 aliphatic rings. The minimum atomic E-state index is -5.60. The Kier molecular flexibility index (Phi) is 15.5. The monoisotopic (exact) mass is 777 g/mol. The number of hydrogen-bond acceptors (Lipinski definition) is 11. The van der Waals surface area contributed by atoms with Crippen LogP contribution in [0.15, 0.2) is 60.7 Å². The summed E-state index contributed by atoms with van der Waals surface area (Å²) in [6.45, 7) is 5.73. The highest BCUT2D eigenvalue weighted by molar-refractivity contribution is 6.09. The van der Waals surface area contributed by atoms with Gasteiger partial charge in [0.2, 0.25) is 23.3 Å². The molecule has 2 aromatic carbocycles. The molecule has 4 amide bonds. The lowest BCUT2D eigenvalue weighted by Crippen LogP contribution is -2.65. The number of carbonyl (C=O) groups is 6. The molecule has 302 valence electrons. The molecule has 17 heteroatoms. The highest BCUT2D eigenvalue weighted by Gasteiger charge is 2.62. The number of amides is 4. The number of nitrogens with two attached hydrogens (primary N) is 2. The van der Waals surface area contributed by atoms with Crippen molar-refractivity contribution < 1.29 is 56.1 Å². The Bertz CT molecular complexity index is 1660. The zero-order valence-electron chi connectivity index (χ0n) is 31.6. The molecule has 5 atom stereocenters. The third-order valence-corrected chi connectivity index (χ3v) is 8.82. The fourth-order valence-corrected chi connectivity index (χ4v) is 6.13. The summed E-state index contributed by atoms with van der Waals surface area (Å²) < 4.78 is 58.9. The number of ether oxygens (including phenoxy) is 3. The summed E-state index contributed by atoms with van der Waals surface area (Å²) in [7, 11) is 1.01. The van der Waals surface area contributed by atoms with Crippen LogP contribution in [0.4, 0.5) is 13.2 Å². The van der Waals surface area contributed by atoms with Crippen molar-refractivity contribution in [3.63, 3.8) is 0 Å². The van der Waals surface area contributed by atoms with Crippen LogP contribution in [0.2, 0.25) is 0 Å². The molecule has 14 nitrogen and oxygen atoms in total. The first kappa shape index (κ1) is 44.5. The molecule has 2 aromatic rings. The van der Waals surface area contributed by atoms with Gasteiger partial charge in [-0.05, 0) is 58.2 Å². The van der Waals surface area contributed by atoms with Crippen LogP contribution >= 0.6 is 0 Å². The maximum absolute atomic E-state index is 14.3. The number of imide groups is 1. The number of hydrogen-bond donors (Lipinski definition) is 3. The van der Waals surface area contributed by atoms with Gasteiger partial charge in [0.25, 0.3) is 0 Å². The number of likely N-dealkylation sites (tertiary alicyclic amines) is 1. The highest BCUT2D eigenvalue weighted by Crippen LogP contribution is 2.36. The number of carbonyl (C=O) groups excluding carboxylic acids is 6. The first-order valence-corrected chi connectivity index (χ1v) is 17.8. The van der Waals surface area contributed by atoms with Gasteiger partial charge in [-0.3, -0.25) is 24.1 Å². The Morgan fingerprint density at radius 1 is 0.945 bits per heavy atom. The highest BCUT2D eigenvalue weighted by atomic mass is 19.4. The Hall–Kier alpha value is -4.87. The third kappa shape index (κ3) is 11.6.